The van der Waals surface area contributed by atoms with Gasteiger partial charge in [0.25, 0.3) is 0 Å². The van der Waals surface area contributed by atoms with Gasteiger partial charge in [0.05, 0.1) is 0 Å². The molecule has 0 aromatic carbocycles. The molecule has 0 N–H and O–H groups in total. The summed E-state index contributed by atoms with van der Waals surface area (Å²) in [5.74, 6) is -46.5. The van der Waals surface area contributed by atoms with E-state index in [1.54, 1.807) is 0 Å². The minimum absolute atomic E-state index is 4.44. The maximum Gasteiger partial charge on any atom is 0.384 e. The number of halogens is 16. The third-order valence-corrected chi connectivity index (χ3v) is 2.80. The van der Waals surface area contributed by atoms with E-state index >= 15 is 0 Å². The lowest BCUT2D eigenvalue weighted by molar-refractivity contribution is -0.421. The van der Waals surface area contributed by atoms with E-state index < -0.39 is 54.2 Å². The van der Waals surface area contributed by atoms with Crippen molar-refractivity contribution in [1.29, 1.82) is 0 Å². The summed E-state index contributed by atoms with van der Waals surface area (Å²) in [5.41, 5.74) is 0. The van der Waals surface area contributed by atoms with E-state index in [0.717, 1.165) is 0 Å². The molecule has 0 aromatic rings. The zero-order chi connectivity index (χ0) is 21.7. The zero-order valence-electron chi connectivity index (χ0n) is 11.1. The Morgan fingerprint density at radius 2 is 0.885 bits per heavy atom. The van der Waals surface area contributed by atoms with Crippen LogP contribution in [0.15, 0.2) is 0 Å². The Hall–Kier alpha value is -1.45. The number of rotatable bonds is 8. The van der Waals surface area contributed by atoms with Gasteiger partial charge < -0.3 is 0 Å². The van der Waals surface area contributed by atoms with Crippen LogP contribution in [0.25, 0.3) is 0 Å². The second-order valence-electron chi connectivity index (χ2n) is 4.53. The summed E-state index contributed by atoms with van der Waals surface area (Å²) >= 11 is 0. The smallest absolute Gasteiger partial charge is 0.254 e. The standard InChI is InChI=1S/C9H2F16O/c10-1(4(14,15)3(13)26)5(16,17)7(20,21)9(24,25)8(22,23)6(18,19)2(11)12/h1-2H. The molecule has 0 aliphatic heterocycles. The van der Waals surface area contributed by atoms with Crippen LogP contribution in [0.5, 0.6) is 0 Å². The van der Waals surface area contributed by atoms with Crippen molar-refractivity contribution in [3.05, 3.63) is 0 Å². The normalized spacial score (nSPS) is 16.8. The third-order valence-electron chi connectivity index (χ3n) is 2.80. The van der Waals surface area contributed by atoms with Crippen molar-refractivity contribution in [2.24, 2.45) is 0 Å². The molecule has 0 spiro atoms. The highest BCUT2D eigenvalue weighted by Crippen LogP contribution is 2.60. The minimum atomic E-state index is -8.27. The molecule has 156 valence electrons. The molecule has 0 saturated heterocycles. The lowest BCUT2D eigenvalue weighted by atomic mass is 9.90. The van der Waals surface area contributed by atoms with Gasteiger partial charge in [-0.25, -0.2) is 13.2 Å². The summed E-state index contributed by atoms with van der Waals surface area (Å²) < 4.78 is 200. The van der Waals surface area contributed by atoms with Gasteiger partial charge >= 0.3 is 48.0 Å². The average Bonchev–Trinajstić information content (AvgIpc) is 2.44. The number of alkyl halides is 15. The second-order valence-corrected chi connectivity index (χ2v) is 4.53. The van der Waals surface area contributed by atoms with Gasteiger partial charge in [-0.2, -0.15) is 57.1 Å². The summed E-state index contributed by atoms with van der Waals surface area (Å²) in [4.78, 5) is 9.59. The topological polar surface area (TPSA) is 17.1 Å². The van der Waals surface area contributed by atoms with Crippen molar-refractivity contribution in [3.63, 3.8) is 0 Å². The predicted octanol–water partition coefficient (Wildman–Crippen LogP) is 4.90. The molecule has 0 aromatic heterocycles. The Kier molecular flexibility index (Phi) is 5.96. The van der Waals surface area contributed by atoms with Gasteiger partial charge in [0, 0.05) is 0 Å². The highest BCUT2D eigenvalue weighted by atomic mass is 19.4. The summed E-state index contributed by atoms with van der Waals surface area (Å²) in [5, 5.41) is 0. The van der Waals surface area contributed by atoms with Crippen LogP contribution < -0.4 is 0 Å². The van der Waals surface area contributed by atoms with Crippen LogP contribution in [0.4, 0.5) is 70.2 Å². The molecule has 0 aliphatic rings. The first-order chi connectivity index (χ1) is 11.0. The van der Waals surface area contributed by atoms with Crippen molar-refractivity contribution in [2.45, 2.75) is 48.1 Å². The van der Waals surface area contributed by atoms with E-state index in [9.17, 15) is 75.0 Å². The number of hydrogen-bond acceptors (Lipinski definition) is 1. The van der Waals surface area contributed by atoms with Crippen LogP contribution in [0.3, 0.4) is 0 Å². The van der Waals surface area contributed by atoms with Crippen molar-refractivity contribution in [1.82, 2.24) is 0 Å². The number of carbonyl (C=O) groups is 1. The first kappa shape index (κ1) is 24.6. The summed E-state index contributed by atoms with van der Waals surface area (Å²) in [7, 11) is 0. The fourth-order valence-electron chi connectivity index (χ4n) is 1.24. The van der Waals surface area contributed by atoms with Gasteiger partial charge in [-0.3, -0.25) is 4.79 Å². The van der Waals surface area contributed by atoms with Crippen LogP contribution in [0.2, 0.25) is 0 Å². The molecule has 26 heavy (non-hydrogen) atoms. The Morgan fingerprint density at radius 1 is 0.577 bits per heavy atom. The Bertz CT molecular complexity index is 536. The molecule has 0 saturated carbocycles. The van der Waals surface area contributed by atoms with Gasteiger partial charge in [-0.1, -0.05) is 0 Å². The fraction of sp³-hybridized carbons (Fsp3) is 0.889. The number of hydrogen-bond donors (Lipinski definition) is 0. The molecular weight excluding hydrogens is 428 g/mol. The van der Waals surface area contributed by atoms with Crippen molar-refractivity contribution < 1.29 is 75.0 Å². The lowest BCUT2D eigenvalue weighted by Crippen LogP contribution is -2.71. The lowest BCUT2D eigenvalue weighted by Gasteiger charge is -2.40. The Labute approximate surface area is 130 Å². The minimum Gasteiger partial charge on any atom is -0.254 e. The average molecular weight is 430 g/mol. The highest BCUT2D eigenvalue weighted by molar-refractivity contribution is 5.77. The Balaban J connectivity index is 6.40. The fourth-order valence-corrected chi connectivity index (χ4v) is 1.24. The van der Waals surface area contributed by atoms with Gasteiger partial charge in [-0.15, -0.1) is 0 Å². The van der Waals surface area contributed by atoms with Crippen LogP contribution in [0.1, 0.15) is 0 Å². The molecule has 17 heteroatoms. The molecule has 0 bridgehead atoms. The molecule has 1 atom stereocenters. The van der Waals surface area contributed by atoms with E-state index in [-0.39, 0.29) is 0 Å². The molecule has 1 unspecified atom stereocenters. The first-order valence-electron chi connectivity index (χ1n) is 5.43. The van der Waals surface area contributed by atoms with E-state index in [1.807, 2.05) is 0 Å². The molecule has 0 amide bonds. The molecule has 0 rings (SSSR count). The van der Waals surface area contributed by atoms with Crippen LogP contribution in [0, 0.1) is 0 Å². The molecular formula is C9H2F16O. The molecule has 0 fully saturated rings. The van der Waals surface area contributed by atoms with Crippen molar-refractivity contribution in [2.75, 3.05) is 0 Å². The summed E-state index contributed by atoms with van der Waals surface area (Å²) in [6.45, 7) is 0. The maximum absolute atomic E-state index is 12.9. The SMILES string of the molecule is O=C(F)C(F)(F)C(F)C(F)(F)C(F)(F)C(F)(F)C(F)(F)C(F)(F)C(F)F. The van der Waals surface area contributed by atoms with Crippen molar-refractivity contribution in [3.8, 4) is 0 Å². The second kappa shape index (κ2) is 6.31. The summed E-state index contributed by atoms with van der Waals surface area (Å²) in [6.07, 6.45) is -12.1. The quantitative estimate of drug-likeness (QED) is 0.396. The maximum atomic E-state index is 12.9. The van der Waals surface area contributed by atoms with Gasteiger partial charge in [-0.05, 0) is 0 Å². The largest absolute Gasteiger partial charge is 0.384 e. The van der Waals surface area contributed by atoms with Crippen LogP contribution >= 0.6 is 0 Å². The molecule has 0 aliphatic carbocycles. The summed E-state index contributed by atoms with van der Waals surface area (Å²) in [6, 6.07) is -4.44. The zero-order valence-corrected chi connectivity index (χ0v) is 11.1. The number of carbonyl (C=O) groups excluding carboxylic acids is 1. The van der Waals surface area contributed by atoms with Crippen LogP contribution in [-0.4, -0.2) is 54.2 Å². The van der Waals surface area contributed by atoms with E-state index in [0.29, 0.717) is 0 Å². The van der Waals surface area contributed by atoms with Gasteiger partial charge in [0.1, 0.15) is 0 Å². The first-order valence-corrected chi connectivity index (χ1v) is 5.43. The molecule has 0 radical (unpaired) electrons. The van der Waals surface area contributed by atoms with E-state index in [4.69, 9.17) is 0 Å². The third kappa shape index (κ3) is 3.05. The Morgan fingerprint density at radius 3 is 1.15 bits per heavy atom. The van der Waals surface area contributed by atoms with E-state index in [1.165, 1.54) is 0 Å². The monoisotopic (exact) mass is 430 g/mol. The molecule has 1 nitrogen and oxygen atoms in total. The molecule has 0 heterocycles. The van der Waals surface area contributed by atoms with Gasteiger partial charge in [0.2, 0.25) is 6.17 Å². The van der Waals surface area contributed by atoms with E-state index in [2.05, 4.69) is 0 Å². The van der Waals surface area contributed by atoms with Crippen molar-refractivity contribution >= 4 is 6.04 Å². The van der Waals surface area contributed by atoms with Crippen LogP contribution in [-0.2, 0) is 4.79 Å². The highest BCUT2D eigenvalue weighted by Gasteiger charge is 2.90. The van der Waals surface area contributed by atoms with Gasteiger partial charge in [0.15, 0.2) is 0 Å². The predicted molar refractivity (Wildman–Crippen MR) is 46.7 cm³/mol.